The molecule has 1 aromatic carbocycles. The second-order valence-corrected chi connectivity index (χ2v) is 4.17. The predicted molar refractivity (Wildman–Crippen MR) is 64.1 cm³/mol. The van der Waals surface area contributed by atoms with E-state index in [-0.39, 0.29) is 19.0 Å². The Balaban J connectivity index is 2.15. The first-order valence-corrected chi connectivity index (χ1v) is 5.88. The Bertz CT molecular complexity index is 432. The van der Waals surface area contributed by atoms with Crippen LogP contribution < -0.4 is 0 Å². The van der Waals surface area contributed by atoms with Crippen molar-refractivity contribution < 1.29 is 19.4 Å². The van der Waals surface area contributed by atoms with E-state index < -0.39 is 12.1 Å². The van der Waals surface area contributed by atoms with Gasteiger partial charge in [0, 0.05) is 13.0 Å². The maximum absolute atomic E-state index is 11.7. The summed E-state index contributed by atoms with van der Waals surface area (Å²) in [5, 5.41) is 8.71. The number of carboxylic acid groups (broad SMARTS) is 1. The Labute approximate surface area is 105 Å². The fourth-order valence-electron chi connectivity index (χ4n) is 2.11. The first kappa shape index (κ1) is 12.4. The van der Waals surface area contributed by atoms with Gasteiger partial charge in [0.2, 0.25) is 0 Å². The van der Waals surface area contributed by atoms with E-state index in [0.29, 0.717) is 13.0 Å². The van der Waals surface area contributed by atoms with Crippen molar-refractivity contribution in [2.75, 3.05) is 13.2 Å². The Kier molecular flexibility index (Phi) is 3.82. The largest absolute Gasteiger partial charge is 0.481 e. The smallest absolute Gasteiger partial charge is 0.410 e. The highest BCUT2D eigenvalue weighted by molar-refractivity contribution is 5.71. The van der Waals surface area contributed by atoms with Gasteiger partial charge in [-0.15, -0.1) is 0 Å². The number of amides is 1. The van der Waals surface area contributed by atoms with Gasteiger partial charge < -0.3 is 14.7 Å². The third-order valence-electron chi connectivity index (χ3n) is 2.98. The van der Waals surface area contributed by atoms with Crippen molar-refractivity contribution >= 4 is 12.1 Å². The summed E-state index contributed by atoms with van der Waals surface area (Å²) < 4.78 is 4.97. The van der Waals surface area contributed by atoms with Crippen LogP contribution in [-0.4, -0.2) is 35.2 Å². The molecule has 5 heteroatoms. The molecule has 0 bridgehead atoms. The molecular formula is C13H15NO4. The Morgan fingerprint density at radius 2 is 2.11 bits per heavy atom. The minimum atomic E-state index is -0.916. The second kappa shape index (κ2) is 5.53. The van der Waals surface area contributed by atoms with Crippen LogP contribution >= 0.6 is 0 Å². The molecule has 2 rings (SSSR count). The molecule has 1 saturated heterocycles. The summed E-state index contributed by atoms with van der Waals surface area (Å²) in [7, 11) is 0. The van der Waals surface area contributed by atoms with Crippen LogP contribution in [0.4, 0.5) is 4.79 Å². The summed E-state index contributed by atoms with van der Waals surface area (Å²) >= 11 is 0. The summed E-state index contributed by atoms with van der Waals surface area (Å²) in [4.78, 5) is 23.8. The Morgan fingerprint density at radius 3 is 2.78 bits per heavy atom. The van der Waals surface area contributed by atoms with Gasteiger partial charge >= 0.3 is 12.1 Å². The molecule has 18 heavy (non-hydrogen) atoms. The summed E-state index contributed by atoms with van der Waals surface area (Å²) in [6.07, 6.45) is 0.185. The zero-order valence-electron chi connectivity index (χ0n) is 9.91. The lowest BCUT2D eigenvalue weighted by Gasteiger charge is -2.35. The first-order chi connectivity index (χ1) is 8.68. The van der Waals surface area contributed by atoms with Gasteiger partial charge in [0.25, 0.3) is 0 Å². The molecule has 0 spiro atoms. The molecule has 5 nitrogen and oxygen atoms in total. The van der Waals surface area contributed by atoms with Crippen LogP contribution in [0.5, 0.6) is 0 Å². The average Bonchev–Trinajstić information content (AvgIpc) is 2.38. The number of carbonyl (C=O) groups excluding carboxylic acids is 1. The lowest BCUT2D eigenvalue weighted by molar-refractivity contribution is -0.137. The number of nitrogens with zero attached hydrogens (tertiary/aromatic N) is 1. The topological polar surface area (TPSA) is 66.8 Å². The van der Waals surface area contributed by atoms with E-state index in [1.165, 1.54) is 4.90 Å². The number of hydrogen-bond acceptors (Lipinski definition) is 3. The molecule has 96 valence electrons. The summed E-state index contributed by atoms with van der Waals surface area (Å²) in [6.45, 7) is 0.551. The highest BCUT2D eigenvalue weighted by Gasteiger charge is 2.30. The maximum atomic E-state index is 11.7. The normalized spacial score (nSPS) is 19.4. The molecule has 1 N–H and O–H groups in total. The first-order valence-electron chi connectivity index (χ1n) is 5.88. The molecule has 1 atom stereocenters. The van der Waals surface area contributed by atoms with Crippen LogP contribution in [-0.2, 0) is 9.53 Å². The summed E-state index contributed by atoms with van der Waals surface area (Å²) in [6, 6.07) is 9.52. The quantitative estimate of drug-likeness (QED) is 0.886. The van der Waals surface area contributed by atoms with Crippen molar-refractivity contribution in [1.29, 1.82) is 0 Å². The Hall–Kier alpha value is -2.04. The zero-order chi connectivity index (χ0) is 13.0. The fourth-order valence-corrected chi connectivity index (χ4v) is 2.11. The third kappa shape index (κ3) is 2.80. The molecule has 1 aromatic rings. The number of cyclic esters (lactones) is 1. The molecule has 0 radical (unpaired) electrons. The number of carboxylic acids is 1. The highest BCUT2D eigenvalue weighted by Crippen LogP contribution is 2.28. The Morgan fingerprint density at radius 1 is 1.39 bits per heavy atom. The maximum Gasteiger partial charge on any atom is 0.410 e. The van der Waals surface area contributed by atoms with E-state index in [2.05, 4.69) is 0 Å². The molecule has 1 aliphatic rings. The number of rotatable bonds is 4. The van der Waals surface area contributed by atoms with Crippen LogP contribution in [0.1, 0.15) is 24.4 Å². The van der Waals surface area contributed by atoms with Gasteiger partial charge in [-0.25, -0.2) is 4.79 Å². The molecule has 1 heterocycles. The van der Waals surface area contributed by atoms with E-state index in [4.69, 9.17) is 9.84 Å². The molecule has 1 aliphatic heterocycles. The average molecular weight is 249 g/mol. The standard InChI is InChI=1S/C13H15NO4/c15-12(16)6-8-14-11(7-9-18-13(14)17)10-4-2-1-3-5-10/h1-5,11H,6-9H2,(H,15,16). The second-order valence-electron chi connectivity index (χ2n) is 4.17. The van der Waals surface area contributed by atoms with E-state index in [9.17, 15) is 9.59 Å². The van der Waals surface area contributed by atoms with Crippen molar-refractivity contribution in [1.82, 2.24) is 4.90 Å². The molecule has 0 saturated carbocycles. The van der Waals surface area contributed by atoms with Gasteiger partial charge in [-0.05, 0) is 5.56 Å². The van der Waals surface area contributed by atoms with Crippen molar-refractivity contribution in [2.24, 2.45) is 0 Å². The van der Waals surface area contributed by atoms with Gasteiger partial charge in [0.1, 0.15) is 0 Å². The molecular weight excluding hydrogens is 234 g/mol. The SMILES string of the molecule is O=C(O)CCN1C(=O)OCCC1c1ccccc1. The highest BCUT2D eigenvalue weighted by atomic mass is 16.6. The van der Waals surface area contributed by atoms with Gasteiger partial charge in [-0.1, -0.05) is 30.3 Å². The van der Waals surface area contributed by atoms with Gasteiger partial charge in [0.05, 0.1) is 19.1 Å². The van der Waals surface area contributed by atoms with E-state index >= 15 is 0 Å². The van der Waals surface area contributed by atoms with Gasteiger partial charge in [0.15, 0.2) is 0 Å². The lowest BCUT2D eigenvalue weighted by atomic mass is 10.0. The van der Waals surface area contributed by atoms with E-state index in [1.54, 1.807) is 0 Å². The number of ether oxygens (including phenoxy) is 1. The predicted octanol–water partition coefficient (Wildman–Crippen LogP) is 2.04. The number of carbonyl (C=O) groups is 2. The van der Waals surface area contributed by atoms with E-state index in [0.717, 1.165) is 5.56 Å². The van der Waals surface area contributed by atoms with Crippen molar-refractivity contribution in [3.05, 3.63) is 35.9 Å². The van der Waals surface area contributed by atoms with Crippen LogP contribution in [0.15, 0.2) is 30.3 Å². The zero-order valence-corrected chi connectivity index (χ0v) is 9.91. The molecule has 0 aromatic heterocycles. The third-order valence-corrected chi connectivity index (χ3v) is 2.98. The van der Waals surface area contributed by atoms with Crippen LogP contribution in [0.3, 0.4) is 0 Å². The molecule has 1 unspecified atom stereocenters. The molecule has 1 fully saturated rings. The minimum Gasteiger partial charge on any atom is -0.481 e. The number of benzene rings is 1. The van der Waals surface area contributed by atoms with Gasteiger partial charge in [-0.3, -0.25) is 4.79 Å². The van der Waals surface area contributed by atoms with Crippen LogP contribution in [0.25, 0.3) is 0 Å². The summed E-state index contributed by atoms with van der Waals surface area (Å²) in [5.74, 6) is -0.916. The summed E-state index contributed by atoms with van der Waals surface area (Å²) in [5.41, 5.74) is 1.01. The number of hydrogen-bond donors (Lipinski definition) is 1. The molecule has 0 aliphatic carbocycles. The van der Waals surface area contributed by atoms with Crippen LogP contribution in [0, 0.1) is 0 Å². The lowest BCUT2D eigenvalue weighted by Crippen LogP contribution is -2.41. The van der Waals surface area contributed by atoms with Crippen LogP contribution in [0.2, 0.25) is 0 Å². The van der Waals surface area contributed by atoms with E-state index in [1.807, 2.05) is 30.3 Å². The fraction of sp³-hybridized carbons (Fsp3) is 0.385. The van der Waals surface area contributed by atoms with Gasteiger partial charge in [-0.2, -0.15) is 0 Å². The molecule has 1 amide bonds. The minimum absolute atomic E-state index is 0.0710. The van der Waals surface area contributed by atoms with Crippen molar-refractivity contribution in [3.63, 3.8) is 0 Å². The van der Waals surface area contributed by atoms with Crippen molar-refractivity contribution in [2.45, 2.75) is 18.9 Å². The monoisotopic (exact) mass is 249 g/mol. The number of aliphatic carboxylic acids is 1. The van der Waals surface area contributed by atoms with Crippen molar-refractivity contribution in [3.8, 4) is 0 Å².